The summed E-state index contributed by atoms with van der Waals surface area (Å²) >= 11 is 0. The molecule has 3 fully saturated rings. The number of aromatic nitrogens is 1. The molecule has 1 aromatic carbocycles. The molecule has 3 heterocycles. The number of aryl methyl sites for hydroxylation is 1. The van der Waals surface area contributed by atoms with Gasteiger partial charge in [-0.25, -0.2) is 9.78 Å². The number of carbonyl (C=O) groups is 2. The monoisotopic (exact) mass is 447 g/mol. The van der Waals surface area contributed by atoms with Gasteiger partial charge in [-0.05, 0) is 68.4 Å². The number of pyridine rings is 1. The van der Waals surface area contributed by atoms with Crippen molar-refractivity contribution < 1.29 is 9.59 Å². The van der Waals surface area contributed by atoms with Crippen LogP contribution in [0.2, 0.25) is 0 Å². The Kier molecular flexibility index (Phi) is 5.96. The highest BCUT2D eigenvalue weighted by molar-refractivity contribution is 5.90. The van der Waals surface area contributed by atoms with Gasteiger partial charge < -0.3 is 20.4 Å². The number of anilines is 2. The zero-order valence-corrected chi connectivity index (χ0v) is 19.3. The van der Waals surface area contributed by atoms with Crippen molar-refractivity contribution in [2.45, 2.75) is 32.6 Å². The molecule has 2 N–H and O–H groups in total. The topological polar surface area (TPSA) is 77.6 Å². The lowest BCUT2D eigenvalue weighted by atomic mass is 9.74. The van der Waals surface area contributed by atoms with E-state index < -0.39 is 5.41 Å². The molecule has 0 unspecified atom stereocenters. The Bertz CT molecular complexity index is 1010. The third kappa shape index (κ3) is 4.68. The largest absolute Gasteiger partial charge is 0.355 e. The third-order valence-corrected chi connectivity index (χ3v) is 7.42. The van der Waals surface area contributed by atoms with Gasteiger partial charge >= 0.3 is 6.03 Å². The Morgan fingerprint density at radius 3 is 2.79 bits per heavy atom. The number of nitrogens with one attached hydrogen (secondary N) is 2. The number of nitrogens with zero attached hydrogens (tertiary/aromatic N) is 3. The van der Waals surface area contributed by atoms with Crippen LogP contribution in [0.3, 0.4) is 0 Å². The van der Waals surface area contributed by atoms with Crippen LogP contribution in [-0.2, 0) is 4.79 Å². The van der Waals surface area contributed by atoms with Crippen LogP contribution in [0, 0.1) is 24.2 Å². The maximum Gasteiger partial charge on any atom is 0.321 e. The molecule has 33 heavy (non-hydrogen) atoms. The van der Waals surface area contributed by atoms with Gasteiger partial charge in [-0.3, -0.25) is 4.79 Å². The smallest absolute Gasteiger partial charge is 0.321 e. The predicted octanol–water partition coefficient (Wildman–Crippen LogP) is 3.67. The van der Waals surface area contributed by atoms with E-state index in [4.69, 9.17) is 0 Å². The highest BCUT2D eigenvalue weighted by Gasteiger charge is 2.53. The van der Waals surface area contributed by atoms with Crippen LogP contribution >= 0.6 is 0 Å². The van der Waals surface area contributed by atoms with Crippen LogP contribution in [-0.4, -0.2) is 54.5 Å². The summed E-state index contributed by atoms with van der Waals surface area (Å²) in [5.74, 6) is 1.75. The van der Waals surface area contributed by atoms with E-state index in [0.29, 0.717) is 25.6 Å². The zero-order valence-electron chi connectivity index (χ0n) is 19.3. The van der Waals surface area contributed by atoms with E-state index in [1.807, 2.05) is 54.3 Å². The highest BCUT2D eigenvalue weighted by atomic mass is 16.2. The van der Waals surface area contributed by atoms with Gasteiger partial charge in [-0.2, -0.15) is 0 Å². The molecule has 0 bridgehead atoms. The van der Waals surface area contributed by atoms with E-state index in [1.54, 1.807) is 6.20 Å². The molecule has 1 aromatic heterocycles. The molecule has 3 amide bonds. The number of amides is 3. The fourth-order valence-corrected chi connectivity index (χ4v) is 5.36. The number of hydrogen-bond donors (Lipinski definition) is 2. The second-order valence-corrected chi connectivity index (χ2v) is 9.92. The number of benzene rings is 1. The van der Waals surface area contributed by atoms with Crippen molar-refractivity contribution >= 4 is 23.4 Å². The number of likely N-dealkylation sites (tertiary alicyclic amines) is 1. The van der Waals surface area contributed by atoms with Gasteiger partial charge in [0.2, 0.25) is 5.91 Å². The Morgan fingerprint density at radius 1 is 1.15 bits per heavy atom. The van der Waals surface area contributed by atoms with E-state index in [9.17, 15) is 9.59 Å². The third-order valence-electron chi connectivity index (χ3n) is 7.42. The van der Waals surface area contributed by atoms with Crippen LogP contribution in [0.1, 0.15) is 31.2 Å². The van der Waals surface area contributed by atoms with E-state index in [2.05, 4.69) is 20.5 Å². The molecule has 1 aliphatic carbocycles. The molecule has 2 saturated heterocycles. The predicted molar refractivity (Wildman–Crippen MR) is 129 cm³/mol. The lowest BCUT2D eigenvalue weighted by Gasteiger charge is -2.32. The van der Waals surface area contributed by atoms with Gasteiger partial charge in [0.15, 0.2) is 0 Å². The van der Waals surface area contributed by atoms with Gasteiger partial charge in [0.1, 0.15) is 5.82 Å². The lowest BCUT2D eigenvalue weighted by molar-refractivity contribution is -0.132. The summed E-state index contributed by atoms with van der Waals surface area (Å²) in [5.41, 5.74) is 1.42. The SMILES string of the molecule is Cc1cccc(NC(=O)N2CCC[C@@]3(C(=O)NCC4CC4)CN(c4ccccn4)C[C@H]3C2)c1. The standard InChI is InChI=1S/C26H33N5O2/c1-19-6-4-7-22(14-19)29-25(33)30-13-5-11-26(24(32)28-15-20-9-10-20)18-31(17-21(26)16-30)23-8-2-3-12-27-23/h2-4,6-8,12,14,20-21H,5,9-11,13,15-18H2,1H3,(H,28,32)(H,29,33)/t21-,26-/m1/s1. The van der Waals surface area contributed by atoms with Gasteiger partial charge in [-0.1, -0.05) is 18.2 Å². The number of rotatable bonds is 5. The first-order valence-corrected chi connectivity index (χ1v) is 12.1. The first-order chi connectivity index (χ1) is 16.0. The average molecular weight is 448 g/mol. The molecule has 1 saturated carbocycles. The van der Waals surface area contributed by atoms with Crippen LogP contribution < -0.4 is 15.5 Å². The van der Waals surface area contributed by atoms with Crippen molar-refractivity contribution in [3.63, 3.8) is 0 Å². The van der Waals surface area contributed by atoms with Crippen LogP contribution in [0.15, 0.2) is 48.7 Å². The number of hydrogen-bond acceptors (Lipinski definition) is 4. The van der Waals surface area contributed by atoms with Crippen molar-refractivity contribution in [3.05, 3.63) is 54.2 Å². The summed E-state index contributed by atoms with van der Waals surface area (Å²) < 4.78 is 0. The normalized spacial score (nSPS) is 24.7. The summed E-state index contributed by atoms with van der Waals surface area (Å²) in [7, 11) is 0. The molecule has 7 nitrogen and oxygen atoms in total. The molecule has 0 spiro atoms. The molecular weight excluding hydrogens is 414 g/mol. The maximum atomic E-state index is 13.6. The highest BCUT2D eigenvalue weighted by Crippen LogP contribution is 2.44. The Morgan fingerprint density at radius 2 is 2.03 bits per heavy atom. The van der Waals surface area contributed by atoms with Crippen LogP contribution in [0.5, 0.6) is 0 Å². The lowest BCUT2D eigenvalue weighted by Crippen LogP contribution is -2.49. The van der Waals surface area contributed by atoms with Gasteiger partial charge in [0, 0.05) is 50.5 Å². The van der Waals surface area contributed by atoms with E-state index in [0.717, 1.165) is 43.0 Å². The minimum absolute atomic E-state index is 0.0597. The van der Waals surface area contributed by atoms with E-state index in [1.165, 1.54) is 12.8 Å². The van der Waals surface area contributed by atoms with Crippen molar-refractivity contribution in [1.29, 1.82) is 0 Å². The molecule has 174 valence electrons. The fraction of sp³-hybridized carbons (Fsp3) is 0.500. The second kappa shape index (κ2) is 9.04. The average Bonchev–Trinajstić information content (AvgIpc) is 3.61. The van der Waals surface area contributed by atoms with Crippen molar-refractivity contribution in [1.82, 2.24) is 15.2 Å². The second-order valence-electron chi connectivity index (χ2n) is 9.92. The maximum absolute atomic E-state index is 13.6. The zero-order chi connectivity index (χ0) is 22.8. The van der Waals surface area contributed by atoms with Crippen molar-refractivity contribution in [2.24, 2.45) is 17.3 Å². The molecule has 5 rings (SSSR count). The molecule has 3 aliphatic rings. The Balaban J connectivity index is 1.35. The molecule has 2 aromatic rings. The first kappa shape index (κ1) is 21.7. The van der Waals surface area contributed by atoms with Gasteiger partial charge in [0.25, 0.3) is 0 Å². The van der Waals surface area contributed by atoms with Crippen molar-refractivity contribution in [3.8, 4) is 0 Å². The minimum Gasteiger partial charge on any atom is -0.355 e. The Labute approximate surface area is 195 Å². The summed E-state index contributed by atoms with van der Waals surface area (Å²) in [5, 5.41) is 6.31. The summed E-state index contributed by atoms with van der Waals surface area (Å²) in [4.78, 5) is 35.4. The molecule has 7 heteroatoms. The quantitative estimate of drug-likeness (QED) is 0.733. The Hall–Kier alpha value is -3.09. The molecular formula is C26H33N5O2. The fourth-order valence-electron chi connectivity index (χ4n) is 5.36. The van der Waals surface area contributed by atoms with Crippen LogP contribution in [0.25, 0.3) is 0 Å². The molecule has 2 atom stereocenters. The molecule has 2 aliphatic heterocycles. The van der Waals surface area contributed by atoms with Gasteiger partial charge in [0.05, 0.1) is 5.41 Å². The van der Waals surface area contributed by atoms with Gasteiger partial charge in [-0.15, -0.1) is 0 Å². The van der Waals surface area contributed by atoms with Crippen LogP contribution in [0.4, 0.5) is 16.3 Å². The first-order valence-electron chi connectivity index (χ1n) is 12.1. The summed E-state index contributed by atoms with van der Waals surface area (Å²) in [6.45, 7) is 5.39. The van der Waals surface area contributed by atoms with Crippen molar-refractivity contribution in [2.75, 3.05) is 42.9 Å². The number of fused-ring (bicyclic) bond motifs is 1. The summed E-state index contributed by atoms with van der Waals surface area (Å²) in [6, 6.07) is 13.7. The van der Waals surface area contributed by atoms with E-state index in [-0.39, 0.29) is 17.9 Å². The summed E-state index contributed by atoms with van der Waals surface area (Å²) in [6.07, 6.45) is 5.81. The minimum atomic E-state index is -0.495. The number of urea groups is 1. The molecule has 0 radical (unpaired) electrons. The number of carbonyl (C=O) groups excluding carboxylic acids is 2. The van der Waals surface area contributed by atoms with E-state index >= 15 is 0 Å².